The number of carbonyl (C=O) groups is 1. The van der Waals surface area contributed by atoms with Gasteiger partial charge in [0.15, 0.2) is 0 Å². The molecule has 0 atom stereocenters. The van der Waals surface area contributed by atoms with Crippen LogP contribution in [0.1, 0.15) is 20.8 Å². The monoisotopic (exact) mass is 207 g/mol. The number of nitrogens with zero attached hydrogens (tertiary/aromatic N) is 1. The smallest absolute Gasteiger partial charge is 0.320 e. The average molecular weight is 207 g/mol. The molecule has 0 unspecified atom stereocenters. The number of terminal acetylenes is 2. The minimum atomic E-state index is -0.477. The van der Waals surface area contributed by atoms with Crippen molar-refractivity contribution in [3.05, 3.63) is 0 Å². The molecule has 3 nitrogen and oxygen atoms in total. The predicted molar refractivity (Wildman–Crippen MR) is 60.0 cm³/mol. The second-order valence-electron chi connectivity index (χ2n) is 4.14. The van der Waals surface area contributed by atoms with Gasteiger partial charge in [0.05, 0.1) is 19.6 Å². The molecule has 0 aliphatic rings. The molecule has 0 spiro atoms. The molecule has 0 radical (unpaired) electrons. The Balaban J connectivity index is 4.13. The molecule has 0 aliphatic heterocycles. The summed E-state index contributed by atoms with van der Waals surface area (Å²) in [4.78, 5) is 13.1. The van der Waals surface area contributed by atoms with Gasteiger partial charge in [-0.05, 0) is 20.8 Å². The van der Waals surface area contributed by atoms with Crippen LogP contribution in [-0.2, 0) is 9.53 Å². The van der Waals surface area contributed by atoms with Gasteiger partial charge in [-0.3, -0.25) is 9.69 Å². The molecule has 0 saturated carbocycles. The molecule has 3 heteroatoms. The van der Waals surface area contributed by atoms with E-state index < -0.39 is 5.60 Å². The number of esters is 1. The minimum absolute atomic E-state index is 0.131. The van der Waals surface area contributed by atoms with Gasteiger partial charge in [0.2, 0.25) is 0 Å². The highest BCUT2D eigenvalue weighted by atomic mass is 16.6. The topological polar surface area (TPSA) is 29.5 Å². The predicted octanol–water partition coefficient (Wildman–Crippen LogP) is 0.896. The van der Waals surface area contributed by atoms with E-state index in [1.807, 2.05) is 20.8 Å². The van der Waals surface area contributed by atoms with Crippen LogP contribution in [0.2, 0.25) is 0 Å². The lowest BCUT2D eigenvalue weighted by Gasteiger charge is -2.22. The maximum atomic E-state index is 11.4. The molecule has 0 aromatic carbocycles. The van der Waals surface area contributed by atoms with Gasteiger partial charge in [-0.15, -0.1) is 12.8 Å². The summed E-state index contributed by atoms with van der Waals surface area (Å²) >= 11 is 0. The molecule has 0 rings (SSSR count). The van der Waals surface area contributed by atoms with Crippen LogP contribution in [0.25, 0.3) is 0 Å². The zero-order valence-electron chi connectivity index (χ0n) is 9.54. The largest absolute Gasteiger partial charge is 0.459 e. The first-order valence-corrected chi connectivity index (χ1v) is 4.70. The number of carbonyl (C=O) groups excluding carboxylic acids is 1. The van der Waals surface area contributed by atoms with Crippen molar-refractivity contribution in [3.63, 3.8) is 0 Å². The molecule has 0 aromatic heterocycles. The highest BCUT2D eigenvalue weighted by molar-refractivity contribution is 5.72. The summed E-state index contributed by atoms with van der Waals surface area (Å²) in [5.74, 6) is 4.57. The van der Waals surface area contributed by atoms with Crippen LogP contribution < -0.4 is 0 Å². The molecule has 0 aromatic rings. The van der Waals surface area contributed by atoms with Crippen molar-refractivity contribution in [2.45, 2.75) is 26.4 Å². The Bertz CT molecular complexity index is 272. The lowest BCUT2D eigenvalue weighted by Crippen LogP contribution is -2.35. The van der Waals surface area contributed by atoms with Crippen LogP contribution >= 0.6 is 0 Å². The van der Waals surface area contributed by atoms with Gasteiger partial charge in [-0.25, -0.2) is 0 Å². The van der Waals surface area contributed by atoms with Crippen LogP contribution in [-0.4, -0.2) is 36.1 Å². The second-order valence-corrected chi connectivity index (χ2v) is 4.14. The minimum Gasteiger partial charge on any atom is -0.459 e. The molecule has 0 saturated heterocycles. The third kappa shape index (κ3) is 7.61. The van der Waals surface area contributed by atoms with Crippen LogP contribution in [0, 0.1) is 24.7 Å². The molecule has 0 amide bonds. The fourth-order valence-electron chi connectivity index (χ4n) is 0.982. The molecular formula is C12H17NO2. The van der Waals surface area contributed by atoms with E-state index >= 15 is 0 Å². The lowest BCUT2D eigenvalue weighted by molar-refractivity contribution is -0.155. The number of hydrogen-bond donors (Lipinski definition) is 0. The van der Waals surface area contributed by atoms with E-state index in [2.05, 4.69) is 11.8 Å². The Kier molecular flexibility index (Phi) is 5.52. The first-order valence-electron chi connectivity index (χ1n) is 4.70. The van der Waals surface area contributed by atoms with Crippen molar-refractivity contribution in [2.75, 3.05) is 19.6 Å². The summed E-state index contributed by atoms with van der Waals surface area (Å²) in [6, 6.07) is 0. The summed E-state index contributed by atoms with van der Waals surface area (Å²) in [6.45, 7) is 6.28. The van der Waals surface area contributed by atoms with E-state index in [0.29, 0.717) is 13.1 Å². The maximum absolute atomic E-state index is 11.4. The van der Waals surface area contributed by atoms with Gasteiger partial charge < -0.3 is 4.74 Å². The SMILES string of the molecule is C#CCN(CC#C)CC(=O)OC(C)(C)C. The van der Waals surface area contributed by atoms with Crippen LogP contribution in [0.15, 0.2) is 0 Å². The second kappa shape index (κ2) is 6.11. The number of ether oxygens (including phenoxy) is 1. The summed E-state index contributed by atoms with van der Waals surface area (Å²) in [5.41, 5.74) is -0.477. The Labute approximate surface area is 91.8 Å². The highest BCUT2D eigenvalue weighted by Gasteiger charge is 2.18. The zero-order valence-corrected chi connectivity index (χ0v) is 9.54. The summed E-state index contributed by atoms with van der Waals surface area (Å²) < 4.78 is 5.14. The van der Waals surface area contributed by atoms with Crippen molar-refractivity contribution < 1.29 is 9.53 Å². The van der Waals surface area contributed by atoms with Gasteiger partial charge in [0.1, 0.15) is 5.60 Å². The van der Waals surface area contributed by atoms with Gasteiger partial charge in [-0.2, -0.15) is 0 Å². The van der Waals surface area contributed by atoms with Crippen LogP contribution in [0.5, 0.6) is 0 Å². The zero-order chi connectivity index (χ0) is 11.9. The summed E-state index contributed by atoms with van der Waals surface area (Å²) in [6.07, 6.45) is 10.3. The molecule has 0 N–H and O–H groups in total. The van der Waals surface area contributed by atoms with E-state index in [1.54, 1.807) is 4.90 Å². The van der Waals surface area contributed by atoms with Gasteiger partial charge in [-0.1, -0.05) is 11.8 Å². The summed E-state index contributed by atoms with van der Waals surface area (Å²) in [7, 11) is 0. The number of hydrogen-bond acceptors (Lipinski definition) is 3. The van der Waals surface area contributed by atoms with Gasteiger partial charge in [0.25, 0.3) is 0 Å². The van der Waals surface area contributed by atoms with Crippen molar-refractivity contribution >= 4 is 5.97 Å². The maximum Gasteiger partial charge on any atom is 0.320 e. The van der Waals surface area contributed by atoms with Gasteiger partial charge in [0, 0.05) is 0 Å². The van der Waals surface area contributed by atoms with Crippen LogP contribution in [0.3, 0.4) is 0 Å². The third-order valence-electron chi connectivity index (χ3n) is 1.40. The number of rotatable bonds is 4. The van der Waals surface area contributed by atoms with E-state index in [-0.39, 0.29) is 12.5 Å². The molecule has 0 aliphatic carbocycles. The van der Waals surface area contributed by atoms with E-state index in [0.717, 1.165) is 0 Å². The first-order chi connectivity index (χ1) is 6.89. The molecular weight excluding hydrogens is 190 g/mol. The first kappa shape index (κ1) is 13.5. The van der Waals surface area contributed by atoms with Crippen molar-refractivity contribution in [1.82, 2.24) is 4.90 Å². The Morgan fingerprint density at radius 1 is 1.27 bits per heavy atom. The van der Waals surface area contributed by atoms with Crippen molar-refractivity contribution in [3.8, 4) is 24.7 Å². The normalized spacial score (nSPS) is 10.5. The molecule has 15 heavy (non-hydrogen) atoms. The van der Waals surface area contributed by atoms with E-state index in [9.17, 15) is 4.79 Å². The lowest BCUT2D eigenvalue weighted by atomic mass is 10.2. The Morgan fingerprint density at radius 2 is 1.73 bits per heavy atom. The molecule has 0 heterocycles. The van der Waals surface area contributed by atoms with Crippen LogP contribution in [0.4, 0.5) is 0 Å². The highest BCUT2D eigenvalue weighted by Crippen LogP contribution is 2.07. The summed E-state index contributed by atoms with van der Waals surface area (Å²) in [5, 5.41) is 0. The molecule has 0 fully saturated rings. The molecule has 0 bridgehead atoms. The van der Waals surface area contributed by atoms with E-state index in [1.165, 1.54) is 0 Å². The average Bonchev–Trinajstić information content (AvgIpc) is 2.00. The van der Waals surface area contributed by atoms with Crippen molar-refractivity contribution in [1.29, 1.82) is 0 Å². The Hall–Kier alpha value is -1.45. The third-order valence-corrected chi connectivity index (χ3v) is 1.40. The van der Waals surface area contributed by atoms with Gasteiger partial charge >= 0.3 is 5.97 Å². The Morgan fingerprint density at radius 3 is 2.07 bits per heavy atom. The quantitative estimate of drug-likeness (QED) is 0.506. The standard InChI is InChI=1S/C12H17NO2/c1-6-8-13(9-7-2)10-11(14)15-12(3,4)5/h1-2H,8-10H2,3-5H3. The fraction of sp³-hybridized carbons (Fsp3) is 0.583. The molecule has 82 valence electrons. The van der Waals surface area contributed by atoms with Crippen molar-refractivity contribution in [2.24, 2.45) is 0 Å². The fourth-order valence-corrected chi connectivity index (χ4v) is 0.982. The van der Waals surface area contributed by atoms with E-state index in [4.69, 9.17) is 17.6 Å².